The number of H-pyrrole nitrogens is 1. The van der Waals surface area contributed by atoms with Gasteiger partial charge >= 0.3 is 0 Å². The molecule has 2 N–H and O–H groups in total. The van der Waals surface area contributed by atoms with Crippen LogP contribution in [0, 0.1) is 5.41 Å². The van der Waals surface area contributed by atoms with E-state index in [2.05, 4.69) is 33.7 Å². The Kier molecular flexibility index (Phi) is 4.39. The molecule has 160 valence electrons. The van der Waals surface area contributed by atoms with Crippen molar-refractivity contribution in [2.45, 2.75) is 44.1 Å². The van der Waals surface area contributed by atoms with Crippen LogP contribution in [0.5, 0.6) is 0 Å². The van der Waals surface area contributed by atoms with Crippen LogP contribution in [0.3, 0.4) is 0 Å². The number of fused-ring (bicyclic) bond motifs is 2. The van der Waals surface area contributed by atoms with Gasteiger partial charge in [0.05, 0.1) is 17.5 Å². The van der Waals surface area contributed by atoms with E-state index in [1.54, 1.807) is 0 Å². The van der Waals surface area contributed by atoms with Crippen LogP contribution in [0.25, 0.3) is 21.5 Å². The number of aromatic nitrogens is 2. The van der Waals surface area contributed by atoms with Crippen molar-refractivity contribution < 1.29 is 4.79 Å². The van der Waals surface area contributed by atoms with E-state index in [9.17, 15) is 9.59 Å². The highest BCUT2D eigenvalue weighted by Crippen LogP contribution is 2.62. The van der Waals surface area contributed by atoms with E-state index >= 15 is 0 Å². The molecule has 32 heavy (non-hydrogen) atoms. The molecular weight excluding hydrogens is 398 g/mol. The largest absolute Gasteiger partial charge is 0.353 e. The molecule has 2 saturated carbocycles. The fraction of sp³-hybridized carbons (Fsp3) is 0.296. The van der Waals surface area contributed by atoms with Gasteiger partial charge in [0.25, 0.3) is 5.56 Å². The predicted octanol–water partition coefficient (Wildman–Crippen LogP) is 4.46. The normalized spacial score (nSPS) is 24.2. The standard InChI is InChI=1S/C27H25N3O2/c31-24(12-18-8-5-7-17-6-1-2-9-21(17)18)28-20-15-27(16-20)13-19(14-27)25-22-10-3-4-11-23(22)26(32)30-29-25/h1-11,19-20H,12-16H2,(H,28,31)(H,30,32). The Morgan fingerprint density at radius 2 is 1.59 bits per heavy atom. The third kappa shape index (κ3) is 3.20. The molecule has 1 aromatic heterocycles. The molecule has 0 radical (unpaired) electrons. The first kappa shape index (κ1) is 19.2. The van der Waals surface area contributed by atoms with Gasteiger partial charge in [-0.05, 0) is 53.5 Å². The molecule has 0 saturated heterocycles. The third-order valence-corrected chi connectivity index (χ3v) is 7.43. The van der Waals surface area contributed by atoms with Crippen molar-refractivity contribution in [1.29, 1.82) is 0 Å². The summed E-state index contributed by atoms with van der Waals surface area (Å²) in [5, 5.41) is 14.3. The van der Waals surface area contributed by atoms with Crippen LogP contribution in [0.4, 0.5) is 0 Å². The van der Waals surface area contributed by atoms with Crippen LogP contribution in [-0.2, 0) is 11.2 Å². The van der Waals surface area contributed by atoms with Crippen LogP contribution in [0.15, 0.2) is 71.5 Å². The number of rotatable bonds is 4. The van der Waals surface area contributed by atoms with E-state index < -0.39 is 0 Å². The summed E-state index contributed by atoms with van der Waals surface area (Å²) < 4.78 is 0. The third-order valence-electron chi connectivity index (χ3n) is 7.43. The fourth-order valence-electron chi connectivity index (χ4n) is 5.95. The number of nitrogens with one attached hydrogen (secondary N) is 2. The van der Waals surface area contributed by atoms with Crippen molar-refractivity contribution >= 4 is 27.5 Å². The highest BCUT2D eigenvalue weighted by Gasteiger charge is 2.54. The highest BCUT2D eigenvalue weighted by molar-refractivity contribution is 5.90. The zero-order chi connectivity index (χ0) is 21.7. The Bertz CT molecular complexity index is 1390. The summed E-state index contributed by atoms with van der Waals surface area (Å²) in [5.74, 6) is 0.481. The second-order valence-electron chi connectivity index (χ2n) is 9.58. The van der Waals surface area contributed by atoms with Gasteiger partial charge in [-0.15, -0.1) is 0 Å². The summed E-state index contributed by atoms with van der Waals surface area (Å²) in [5.41, 5.74) is 2.28. The SMILES string of the molecule is O=C(Cc1cccc2ccccc12)NC1CC2(C1)CC(c1n[nH]c(=O)c3ccccc13)C2. The maximum atomic E-state index is 12.7. The number of amides is 1. The molecule has 1 heterocycles. The number of carbonyl (C=O) groups is 1. The van der Waals surface area contributed by atoms with Gasteiger partial charge in [0, 0.05) is 17.3 Å². The smallest absolute Gasteiger partial charge is 0.272 e. The second-order valence-corrected chi connectivity index (χ2v) is 9.58. The van der Waals surface area contributed by atoms with Gasteiger partial charge in [0.2, 0.25) is 5.91 Å². The molecule has 6 rings (SSSR count). The summed E-state index contributed by atoms with van der Waals surface area (Å²) in [6.07, 6.45) is 4.64. The second kappa shape index (κ2) is 7.30. The molecule has 5 nitrogen and oxygen atoms in total. The summed E-state index contributed by atoms with van der Waals surface area (Å²) in [6, 6.07) is 22.3. The zero-order valence-corrected chi connectivity index (χ0v) is 17.8. The number of hydrogen-bond acceptors (Lipinski definition) is 3. The molecule has 2 fully saturated rings. The van der Waals surface area contributed by atoms with Gasteiger partial charge in [-0.3, -0.25) is 9.59 Å². The van der Waals surface area contributed by atoms with Gasteiger partial charge in [-0.1, -0.05) is 60.7 Å². The molecule has 5 heteroatoms. The van der Waals surface area contributed by atoms with Crippen molar-refractivity contribution in [3.05, 3.63) is 88.3 Å². The van der Waals surface area contributed by atoms with E-state index in [1.807, 2.05) is 48.5 Å². The topological polar surface area (TPSA) is 74.8 Å². The zero-order valence-electron chi connectivity index (χ0n) is 17.8. The van der Waals surface area contributed by atoms with Gasteiger partial charge in [-0.2, -0.15) is 5.10 Å². The van der Waals surface area contributed by atoms with Crippen molar-refractivity contribution in [3.8, 4) is 0 Å². The molecule has 4 aromatic rings. The number of benzene rings is 3. The fourth-order valence-corrected chi connectivity index (χ4v) is 5.95. The number of aromatic amines is 1. The van der Waals surface area contributed by atoms with E-state index in [0.29, 0.717) is 23.1 Å². The maximum Gasteiger partial charge on any atom is 0.272 e. The van der Waals surface area contributed by atoms with Crippen molar-refractivity contribution in [2.24, 2.45) is 5.41 Å². The molecular formula is C27H25N3O2. The van der Waals surface area contributed by atoms with E-state index in [4.69, 9.17) is 0 Å². The van der Waals surface area contributed by atoms with Crippen molar-refractivity contribution in [2.75, 3.05) is 0 Å². The van der Waals surface area contributed by atoms with Gasteiger partial charge in [0.15, 0.2) is 0 Å². The average Bonchev–Trinajstić information content (AvgIpc) is 2.76. The molecule has 0 aliphatic heterocycles. The summed E-state index contributed by atoms with van der Waals surface area (Å²) >= 11 is 0. The first-order valence-corrected chi connectivity index (χ1v) is 11.3. The van der Waals surface area contributed by atoms with Gasteiger partial charge in [-0.25, -0.2) is 5.10 Å². The summed E-state index contributed by atoms with van der Waals surface area (Å²) in [6.45, 7) is 0. The molecule has 3 aromatic carbocycles. The number of carbonyl (C=O) groups excluding carboxylic acids is 1. The first-order valence-electron chi connectivity index (χ1n) is 11.3. The minimum absolute atomic E-state index is 0.102. The number of hydrogen-bond donors (Lipinski definition) is 2. The molecule has 0 bridgehead atoms. The minimum Gasteiger partial charge on any atom is -0.353 e. The number of nitrogens with zero attached hydrogens (tertiary/aromatic N) is 1. The minimum atomic E-state index is -0.129. The lowest BCUT2D eigenvalue weighted by Gasteiger charge is -2.57. The van der Waals surface area contributed by atoms with E-state index in [-0.39, 0.29) is 17.5 Å². The van der Waals surface area contributed by atoms with Crippen LogP contribution < -0.4 is 10.9 Å². The molecule has 2 aliphatic carbocycles. The monoisotopic (exact) mass is 423 g/mol. The Labute approximate surface area is 185 Å². The maximum absolute atomic E-state index is 12.7. The molecule has 1 amide bonds. The van der Waals surface area contributed by atoms with Crippen molar-refractivity contribution in [3.63, 3.8) is 0 Å². The predicted molar refractivity (Wildman–Crippen MR) is 126 cm³/mol. The lowest BCUT2D eigenvalue weighted by Crippen LogP contribution is -2.56. The Hall–Kier alpha value is -3.47. The van der Waals surface area contributed by atoms with E-state index in [0.717, 1.165) is 47.7 Å². The van der Waals surface area contributed by atoms with Crippen molar-refractivity contribution in [1.82, 2.24) is 15.5 Å². The lowest BCUT2D eigenvalue weighted by molar-refractivity contribution is -0.124. The van der Waals surface area contributed by atoms with Crippen LogP contribution >= 0.6 is 0 Å². The van der Waals surface area contributed by atoms with Crippen LogP contribution in [-0.4, -0.2) is 22.1 Å². The average molecular weight is 424 g/mol. The Morgan fingerprint density at radius 3 is 2.41 bits per heavy atom. The molecule has 2 aliphatic rings. The first-order chi connectivity index (χ1) is 15.6. The quantitative estimate of drug-likeness (QED) is 0.509. The van der Waals surface area contributed by atoms with Gasteiger partial charge < -0.3 is 5.32 Å². The molecule has 1 spiro atoms. The lowest BCUT2D eigenvalue weighted by atomic mass is 9.49. The Balaban J connectivity index is 1.07. The van der Waals surface area contributed by atoms with E-state index in [1.165, 1.54) is 5.39 Å². The highest BCUT2D eigenvalue weighted by atomic mass is 16.1. The summed E-state index contributed by atoms with van der Waals surface area (Å²) in [4.78, 5) is 24.7. The van der Waals surface area contributed by atoms with Crippen LogP contribution in [0.1, 0.15) is 42.9 Å². The van der Waals surface area contributed by atoms with Crippen LogP contribution in [0.2, 0.25) is 0 Å². The molecule has 0 unspecified atom stereocenters. The summed E-state index contributed by atoms with van der Waals surface area (Å²) in [7, 11) is 0. The van der Waals surface area contributed by atoms with Gasteiger partial charge in [0.1, 0.15) is 0 Å². The Morgan fingerprint density at radius 1 is 0.906 bits per heavy atom. The molecule has 0 atom stereocenters.